The zero-order chi connectivity index (χ0) is 13.7. The maximum Gasteiger partial charge on any atom is 0.225 e. The van der Waals surface area contributed by atoms with Crippen molar-refractivity contribution < 1.29 is 4.79 Å². The zero-order valence-electron chi connectivity index (χ0n) is 12.4. The van der Waals surface area contributed by atoms with Gasteiger partial charge in [0.25, 0.3) is 0 Å². The Hall–Kier alpha value is -0.220. The molecule has 1 N–H and O–H groups in total. The molecule has 0 spiro atoms. The Morgan fingerprint density at radius 2 is 2.05 bits per heavy atom. The Kier molecular flexibility index (Phi) is 6.02. The van der Waals surface area contributed by atoms with Crippen molar-refractivity contribution in [3.05, 3.63) is 0 Å². The van der Waals surface area contributed by atoms with E-state index in [1.54, 1.807) is 0 Å². The normalized spacial score (nSPS) is 25.8. The first-order valence-corrected chi connectivity index (χ1v) is 8.92. The van der Waals surface area contributed by atoms with Gasteiger partial charge in [-0.3, -0.25) is 4.79 Å². The van der Waals surface area contributed by atoms with Gasteiger partial charge in [0.2, 0.25) is 5.91 Å². The number of thioether (sulfide) groups is 1. The number of carbonyl (C=O) groups excluding carboxylic acids is 1. The van der Waals surface area contributed by atoms with Gasteiger partial charge < -0.3 is 10.2 Å². The average Bonchev–Trinajstić information content (AvgIpc) is 2.46. The summed E-state index contributed by atoms with van der Waals surface area (Å²) in [7, 11) is 0. The quantitative estimate of drug-likeness (QED) is 0.860. The molecule has 3 nitrogen and oxygen atoms in total. The number of nitrogens with zero attached hydrogens (tertiary/aromatic N) is 1. The first kappa shape index (κ1) is 15.2. The van der Waals surface area contributed by atoms with Gasteiger partial charge >= 0.3 is 0 Å². The monoisotopic (exact) mass is 284 g/mol. The van der Waals surface area contributed by atoms with E-state index in [0.717, 1.165) is 31.6 Å². The van der Waals surface area contributed by atoms with Crippen molar-refractivity contribution in [1.82, 2.24) is 10.2 Å². The lowest BCUT2D eigenvalue weighted by atomic mass is 9.95. The number of rotatable bonds is 4. The molecule has 2 aliphatic heterocycles. The third-order valence-corrected chi connectivity index (χ3v) is 5.49. The fourth-order valence-corrected chi connectivity index (χ4v) is 4.06. The van der Waals surface area contributed by atoms with Crippen LogP contribution in [0.1, 0.15) is 39.5 Å². The molecule has 2 rings (SSSR count). The first-order chi connectivity index (χ1) is 9.16. The summed E-state index contributed by atoms with van der Waals surface area (Å²) in [5, 5.41) is 3.73. The molecule has 1 atom stereocenters. The SMILES string of the molecule is CC(C)C(=O)N1CCC(CN[C@@H]2CCCSC2)CC1. The molecule has 0 aliphatic carbocycles. The van der Waals surface area contributed by atoms with E-state index in [9.17, 15) is 4.79 Å². The molecular formula is C15H28N2OS. The van der Waals surface area contributed by atoms with Crippen molar-refractivity contribution in [2.24, 2.45) is 11.8 Å². The lowest BCUT2D eigenvalue weighted by molar-refractivity contribution is -0.135. The Labute approximate surface area is 121 Å². The minimum Gasteiger partial charge on any atom is -0.342 e. The molecule has 1 amide bonds. The van der Waals surface area contributed by atoms with Crippen LogP contribution in [0.3, 0.4) is 0 Å². The second-order valence-electron chi connectivity index (χ2n) is 6.25. The standard InChI is InChI=1S/C15H28N2OS/c1-12(2)15(18)17-7-5-13(6-8-17)10-16-14-4-3-9-19-11-14/h12-14,16H,3-11H2,1-2H3/t14-/m1/s1. The maximum atomic E-state index is 11.9. The number of nitrogens with one attached hydrogen (secondary N) is 1. The fraction of sp³-hybridized carbons (Fsp3) is 0.933. The van der Waals surface area contributed by atoms with Crippen LogP contribution in [-0.4, -0.2) is 48.0 Å². The zero-order valence-corrected chi connectivity index (χ0v) is 13.2. The highest BCUT2D eigenvalue weighted by molar-refractivity contribution is 7.99. The van der Waals surface area contributed by atoms with E-state index in [4.69, 9.17) is 0 Å². The second-order valence-corrected chi connectivity index (χ2v) is 7.40. The molecular weight excluding hydrogens is 256 g/mol. The number of amides is 1. The van der Waals surface area contributed by atoms with E-state index in [1.807, 2.05) is 13.8 Å². The molecule has 0 saturated carbocycles. The summed E-state index contributed by atoms with van der Waals surface area (Å²) in [6, 6.07) is 0.731. The van der Waals surface area contributed by atoms with Crippen LogP contribution in [0.5, 0.6) is 0 Å². The first-order valence-electron chi connectivity index (χ1n) is 7.76. The largest absolute Gasteiger partial charge is 0.342 e. The number of hydrogen-bond donors (Lipinski definition) is 1. The van der Waals surface area contributed by atoms with Crippen molar-refractivity contribution in [2.45, 2.75) is 45.6 Å². The van der Waals surface area contributed by atoms with Crippen LogP contribution in [0, 0.1) is 11.8 Å². The van der Waals surface area contributed by atoms with Gasteiger partial charge in [0.05, 0.1) is 0 Å². The van der Waals surface area contributed by atoms with Crippen molar-refractivity contribution in [1.29, 1.82) is 0 Å². The molecule has 0 aromatic rings. The van der Waals surface area contributed by atoms with Gasteiger partial charge in [0.1, 0.15) is 0 Å². The fourth-order valence-electron chi connectivity index (χ4n) is 2.96. The highest BCUT2D eigenvalue weighted by Crippen LogP contribution is 2.20. The van der Waals surface area contributed by atoms with Gasteiger partial charge in [-0.15, -0.1) is 0 Å². The summed E-state index contributed by atoms with van der Waals surface area (Å²) in [5.41, 5.74) is 0. The van der Waals surface area contributed by atoms with Crippen LogP contribution in [0.2, 0.25) is 0 Å². The van der Waals surface area contributed by atoms with Crippen molar-refractivity contribution in [3.8, 4) is 0 Å². The maximum absolute atomic E-state index is 11.9. The summed E-state index contributed by atoms with van der Waals surface area (Å²) >= 11 is 2.08. The Morgan fingerprint density at radius 1 is 1.32 bits per heavy atom. The molecule has 0 aromatic heterocycles. The van der Waals surface area contributed by atoms with E-state index in [0.29, 0.717) is 5.91 Å². The highest BCUT2D eigenvalue weighted by atomic mass is 32.2. The summed E-state index contributed by atoms with van der Waals surface area (Å²) < 4.78 is 0. The van der Waals surface area contributed by atoms with Crippen LogP contribution in [0.25, 0.3) is 0 Å². The van der Waals surface area contributed by atoms with Crippen LogP contribution >= 0.6 is 11.8 Å². The van der Waals surface area contributed by atoms with Gasteiger partial charge in [0, 0.05) is 30.8 Å². The molecule has 2 fully saturated rings. The Balaban J connectivity index is 1.64. The number of carbonyl (C=O) groups is 1. The van der Waals surface area contributed by atoms with Gasteiger partial charge in [-0.1, -0.05) is 13.8 Å². The van der Waals surface area contributed by atoms with E-state index in [-0.39, 0.29) is 5.92 Å². The predicted molar refractivity (Wildman–Crippen MR) is 82.5 cm³/mol. The molecule has 0 aromatic carbocycles. The van der Waals surface area contributed by atoms with Crippen molar-refractivity contribution >= 4 is 17.7 Å². The van der Waals surface area contributed by atoms with E-state index >= 15 is 0 Å². The van der Waals surface area contributed by atoms with Gasteiger partial charge in [-0.25, -0.2) is 0 Å². The topological polar surface area (TPSA) is 32.3 Å². The number of piperidine rings is 1. The van der Waals surface area contributed by atoms with Crippen molar-refractivity contribution in [3.63, 3.8) is 0 Å². The summed E-state index contributed by atoms with van der Waals surface area (Å²) in [6.07, 6.45) is 5.05. The van der Waals surface area contributed by atoms with Crippen LogP contribution < -0.4 is 5.32 Å². The molecule has 110 valence electrons. The van der Waals surface area contributed by atoms with Crippen LogP contribution in [0.15, 0.2) is 0 Å². The summed E-state index contributed by atoms with van der Waals surface area (Å²) in [4.78, 5) is 14.0. The molecule has 2 aliphatic rings. The molecule has 19 heavy (non-hydrogen) atoms. The van der Waals surface area contributed by atoms with Crippen molar-refractivity contribution in [2.75, 3.05) is 31.1 Å². The average molecular weight is 284 g/mol. The third-order valence-electron chi connectivity index (χ3n) is 4.28. The van der Waals surface area contributed by atoms with E-state index in [1.165, 1.54) is 37.2 Å². The summed E-state index contributed by atoms with van der Waals surface area (Å²) in [5.74, 6) is 3.87. The van der Waals surface area contributed by atoms with E-state index in [2.05, 4.69) is 22.0 Å². The number of likely N-dealkylation sites (tertiary alicyclic amines) is 1. The van der Waals surface area contributed by atoms with Gasteiger partial charge in [0.15, 0.2) is 0 Å². The molecule has 0 bridgehead atoms. The Bertz CT molecular complexity index is 282. The lowest BCUT2D eigenvalue weighted by Crippen LogP contribution is -2.44. The second kappa shape index (κ2) is 7.53. The Morgan fingerprint density at radius 3 is 2.63 bits per heavy atom. The molecule has 4 heteroatoms. The molecule has 0 radical (unpaired) electrons. The minimum absolute atomic E-state index is 0.147. The molecule has 0 unspecified atom stereocenters. The predicted octanol–water partition coefficient (Wildman–Crippen LogP) is 2.37. The number of hydrogen-bond acceptors (Lipinski definition) is 3. The lowest BCUT2D eigenvalue weighted by Gasteiger charge is -2.34. The highest BCUT2D eigenvalue weighted by Gasteiger charge is 2.24. The van der Waals surface area contributed by atoms with Crippen LogP contribution in [-0.2, 0) is 4.79 Å². The third kappa shape index (κ3) is 4.67. The smallest absolute Gasteiger partial charge is 0.225 e. The van der Waals surface area contributed by atoms with E-state index < -0.39 is 0 Å². The van der Waals surface area contributed by atoms with Gasteiger partial charge in [-0.2, -0.15) is 11.8 Å². The van der Waals surface area contributed by atoms with Gasteiger partial charge in [-0.05, 0) is 43.9 Å². The summed E-state index contributed by atoms with van der Waals surface area (Å²) in [6.45, 7) is 7.06. The molecule has 2 saturated heterocycles. The molecule has 2 heterocycles. The minimum atomic E-state index is 0.147. The van der Waals surface area contributed by atoms with Crippen LogP contribution in [0.4, 0.5) is 0 Å².